The summed E-state index contributed by atoms with van der Waals surface area (Å²) in [7, 11) is 0. The number of carbonyl (C=O) groups excluding carboxylic acids is 1. The van der Waals surface area contributed by atoms with E-state index in [4.69, 9.17) is 0 Å². The van der Waals surface area contributed by atoms with Crippen LogP contribution >= 0.6 is 0 Å². The Labute approximate surface area is 99.9 Å². The number of benzene rings is 1. The molecular formula is C14H14N2O. The number of nitrogens with zero attached hydrogens (tertiary/aromatic N) is 1. The Morgan fingerprint density at radius 2 is 2.18 bits per heavy atom. The second-order valence-corrected chi connectivity index (χ2v) is 4.58. The molecule has 0 saturated heterocycles. The highest BCUT2D eigenvalue weighted by Gasteiger charge is 2.24. The SMILES string of the molecule is Cc1ccc(C(=O)NC2CC2)c2cccnc12. The van der Waals surface area contributed by atoms with E-state index in [0.717, 1.165) is 34.9 Å². The van der Waals surface area contributed by atoms with Crippen molar-refractivity contribution in [2.45, 2.75) is 25.8 Å². The van der Waals surface area contributed by atoms with Crippen molar-refractivity contribution in [3.8, 4) is 0 Å². The molecule has 17 heavy (non-hydrogen) atoms. The van der Waals surface area contributed by atoms with Gasteiger partial charge in [-0.2, -0.15) is 0 Å². The van der Waals surface area contributed by atoms with E-state index >= 15 is 0 Å². The summed E-state index contributed by atoms with van der Waals surface area (Å²) in [6, 6.07) is 8.05. The fourth-order valence-electron chi connectivity index (χ4n) is 2.00. The maximum atomic E-state index is 12.1. The quantitative estimate of drug-likeness (QED) is 0.854. The molecule has 0 radical (unpaired) electrons. The van der Waals surface area contributed by atoms with Crippen LogP contribution in [0.5, 0.6) is 0 Å². The molecule has 0 atom stereocenters. The number of hydrogen-bond acceptors (Lipinski definition) is 2. The number of hydrogen-bond donors (Lipinski definition) is 1. The Kier molecular flexibility index (Phi) is 2.32. The van der Waals surface area contributed by atoms with Gasteiger partial charge in [0.2, 0.25) is 0 Å². The van der Waals surface area contributed by atoms with E-state index in [2.05, 4.69) is 10.3 Å². The monoisotopic (exact) mass is 226 g/mol. The lowest BCUT2D eigenvalue weighted by molar-refractivity contribution is 0.0952. The van der Waals surface area contributed by atoms with E-state index in [1.165, 1.54) is 0 Å². The summed E-state index contributed by atoms with van der Waals surface area (Å²) >= 11 is 0. The van der Waals surface area contributed by atoms with Crippen LogP contribution < -0.4 is 5.32 Å². The molecule has 1 heterocycles. The maximum absolute atomic E-state index is 12.1. The molecule has 1 amide bonds. The van der Waals surface area contributed by atoms with Gasteiger partial charge in [-0.05, 0) is 37.5 Å². The summed E-state index contributed by atoms with van der Waals surface area (Å²) in [6.07, 6.45) is 3.97. The first-order chi connectivity index (χ1) is 8.25. The number of amides is 1. The second-order valence-electron chi connectivity index (χ2n) is 4.58. The molecule has 0 unspecified atom stereocenters. The van der Waals surface area contributed by atoms with Crippen molar-refractivity contribution in [1.82, 2.24) is 10.3 Å². The van der Waals surface area contributed by atoms with Gasteiger partial charge in [0, 0.05) is 23.2 Å². The standard InChI is InChI=1S/C14H14N2O/c1-9-4-7-12(14(17)16-10-5-6-10)11-3-2-8-15-13(9)11/h2-4,7-8,10H,5-6H2,1H3,(H,16,17). The van der Waals surface area contributed by atoms with Gasteiger partial charge >= 0.3 is 0 Å². The third-order valence-corrected chi connectivity index (χ3v) is 3.13. The van der Waals surface area contributed by atoms with Gasteiger partial charge in [-0.15, -0.1) is 0 Å². The van der Waals surface area contributed by atoms with Gasteiger partial charge in [0.25, 0.3) is 5.91 Å². The number of aromatic nitrogens is 1. The van der Waals surface area contributed by atoms with Crippen molar-refractivity contribution in [2.75, 3.05) is 0 Å². The minimum absolute atomic E-state index is 0.0190. The molecular weight excluding hydrogens is 212 g/mol. The summed E-state index contributed by atoms with van der Waals surface area (Å²) in [5, 5.41) is 3.95. The maximum Gasteiger partial charge on any atom is 0.252 e. The topological polar surface area (TPSA) is 42.0 Å². The van der Waals surface area contributed by atoms with Crippen molar-refractivity contribution in [3.63, 3.8) is 0 Å². The smallest absolute Gasteiger partial charge is 0.252 e. The highest BCUT2D eigenvalue weighted by molar-refractivity contribution is 6.07. The third-order valence-electron chi connectivity index (χ3n) is 3.13. The summed E-state index contributed by atoms with van der Waals surface area (Å²) in [5.41, 5.74) is 2.74. The van der Waals surface area contributed by atoms with E-state index in [1.54, 1.807) is 6.20 Å². The van der Waals surface area contributed by atoms with Crippen molar-refractivity contribution >= 4 is 16.8 Å². The zero-order valence-electron chi connectivity index (χ0n) is 9.73. The molecule has 0 aliphatic heterocycles. The van der Waals surface area contributed by atoms with Crippen LogP contribution in [-0.2, 0) is 0 Å². The second kappa shape index (κ2) is 3.84. The summed E-state index contributed by atoms with van der Waals surface area (Å²) in [4.78, 5) is 16.4. The summed E-state index contributed by atoms with van der Waals surface area (Å²) in [5.74, 6) is 0.0190. The molecule has 86 valence electrons. The molecule has 1 N–H and O–H groups in total. The molecule has 1 aliphatic rings. The lowest BCUT2D eigenvalue weighted by Gasteiger charge is -2.08. The molecule has 3 heteroatoms. The van der Waals surface area contributed by atoms with Crippen LogP contribution in [0.1, 0.15) is 28.8 Å². The van der Waals surface area contributed by atoms with Crippen LogP contribution in [0.25, 0.3) is 10.9 Å². The van der Waals surface area contributed by atoms with E-state index in [9.17, 15) is 4.79 Å². The largest absolute Gasteiger partial charge is 0.349 e. The molecule has 0 bridgehead atoms. The Balaban J connectivity index is 2.09. The van der Waals surface area contributed by atoms with Gasteiger partial charge < -0.3 is 5.32 Å². The lowest BCUT2D eigenvalue weighted by atomic mass is 10.0. The van der Waals surface area contributed by atoms with Gasteiger partial charge in [-0.25, -0.2) is 0 Å². The number of carbonyl (C=O) groups is 1. The average molecular weight is 226 g/mol. The lowest BCUT2D eigenvalue weighted by Crippen LogP contribution is -2.25. The van der Waals surface area contributed by atoms with Crippen LogP contribution in [0.3, 0.4) is 0 Å². The zero-order chi connectivity index (χ0) is 11.8. The zero-order valence-corrected chi connectivity index (χ0v) is 9.73. The number of fused-ring (bicyclic) bond motifs is 1. The highest BCUT2D eigenvalue weighted by Crippen LogP contribution is 2.23. The molecule has 1 aliphatic carbocycles. The van der Waals surface area contributed by atoms with Gasteiger partial charge in [0.15, 0.2) is 0 Å². The van der Waals surface area contributed by atoms with Crippen molar-refractivity contribution < 1.29 is 4.79 Å². The third kappa shape index (κ3) is 1.88. The van der Waals surface area contributed by atoms with Gasteiger partial charge in [0.05, 0.1) is 5.52 Å². The number of pyridine rings is 1. The molecule has 1 aromatic heterocycles. The minimum Gasteiger partial charge on any atom is -0.349 e. The predicted octanol–water partition coefficient (Wildman–Crippen LogP) is 2.44. The fourth-order valence-corrected chi connectivity index (χ4v) is 2.00. The number of rotatable bonds is 2. The Morgan fingerprint density at radius 3 is 2.94 bits per heavy atom. The van der Waals surface area contributed by atoms with Crippen LogP contribution in [0.4, 0.5) is 0 Å². The highest BCUT2D eigenvalue weighted by atomic mass is 16.1. The Morgan fingerprint density at radius 1 is 1.35 bits per heavy atom. The molecule has 3 nitrogen and oxygen atoms in total. The molecule has 1 saturated carbocycles. The minimum atomic E-state index is 0.0190. The first kappa shape index (κ1) is 10.3. The van der Waals surface area contributed by atoms with Gasteiger partial charge in [-0.3, -0.25) is 9.78 Å². The first-order valence-corrected chi connectivity index (χ1v) is 5.91. The molecule has 1 aromatic carbocycles. The van der Waals surface area contributed by atoms with Crippen molar-refractivity contribution in [1.29, 1.82) is 0 Å². The van der Waals surface area contributed by atoms with Crippen LogP contribution in [-0.4, -0.2) is 16.9 Å². The molecule has 1 fully saturated rings. The fraction of sp³-hybridized carbons (Fsp3) is 0.286. The van der Waals surface area contributed by atoms with E-state index in [0.29, 0.717) is 6.04 Å². The Bertz CT molecular complexity index is 588. The average Bonchev–Trinajstić information content (AvgIpc) is 3.14. The molecule has 2 aromatic rings. The van der Waals surface area contributed by atoms with E-state index in [-0.39, 0.29) is 5.91 Å². The van der Waals surface area contributed by atoms with Crippen molar-refractivity contribution in [2.24, 2.45) is 0 Å². The van der Waals surface area contributed by atoms with Crippen molar-refractivity contribution in [3.05, 3.63) is 41.6 Å². The number of aryl methyl sites for hydroxylation is 1. The van der Waals surface area contributed by atoms with Gasteiger partial charge in [0.1, 0.15) is 0 Å². The van der Waals surface area contributed by atoms with E-state index < -0.39 is 0 Å². The Hall–Kier alpha value is -1.90. The first-order valence-electron chi connectivity index (χ1n) is 5.91. The molecule has 0 spiro atoms. The summed E-state index contributed by atoms with van der Waals surface area (Å²) in [6.45, 7) is 2.01. The van der Waals surface area contributed by atoms with Crippen LogP contribution in [0, 0.1) is 6.92 Å². The van der Waals surface area contributed by atoms with Gasteiger partial charge in [-0.1, -0.05) is 12.1 Å². The summed E-state index contributed by atoms with van der Waals surface area (Å²) < 4.78 is 0. The number of nitrogens with one attached hydrogen (secondary N) is 1. The van der Waals surface area contributed by atoms with Crippen LogP contribution in [0.2, 0.25) is 0 Å². The van der Waals surface area contributed by atoms with Crippen LogP contribution in [0.15, 0.2) is 30.5 Å². The van der Waals surface area contributed by atoms with E-state index in [1.807, 2.05) is 31.2 Å². The predicted molar refractivity (Wildman–Crippen MR) is 67.0 cm³/mol. The normalized spacial score (nSPS) is 14.9. The molecule has 3 rings (SSSR count).